The van der Waals surface area contributed by atoms with Crippen molar-refractivity contribution >= 4 is 5.91 Å². The van der Waals surface area contributed by atoms with Crippen LogP contribution in [0.2, 0.25) is 0 Å². The summed E-state index contributed by atoms with van der Waals surface area (Å²) in [5, 5.41) is 0. The second-order valence-corrected chi connectivity index (χ2v) is 5.07. The van der Waals surface area contributed by atoms with E-state index in [4.69, 9.17) is 9.47 Å². The first-order valence-electron chi connectivity index (χ1n) is 7.06. The van der Waals surface area contributed by atoms with Gasteiger partial charge in [-0.05, 0) is 19.8 Å². The van der Waals surface area contributed by atoms with Crippen LogP contribution in [0.15, 0.2) is 12.4 Å². The summed E-state index contributed by atoms with van der Waals surface area (Å²) in [6.07, 6.45) is 5.81. The third kappa shape index (κ3) is 4.05. The van der Waals surface area contributed by atoms with Crippen molar-refractivity contribution in [2.24, 2.45) is 0 Å². The molecule has 112 valence electrons. The van der Waals surface area contributed by atoms with Crippen molar-refractivity contribution in [3.8, 4) is 0 Å². The topological polar surface area (TPSA) is 56.6 Å². The zero-order chi connectivity index (χ0) is 14.4. The van der Waals surface area contributed by atoms with E-state index < -0.39 is 0 Å². The smallest absolute Gasteiger partial charge is 0.242 e. The number of hydrogen-bond acceptors (Lipinski definition) is 4. The number of nitrogens with zero attached hydrogens (tertiary/aromatic N) is 3. The Morgan fingerprint density at radius 1 is 1.65 bits per heavy atom. The molecule has 0 saturated carbocycles. The van der Waals surface area contributed by atoms with Gasteiger partial charge in [0.1, 0.15) is 12.4 Å². The molecule has 0 aromatic carbocycles. The summed E-state index contributed by atoms with van der Waals surface area (Å²) in [6.45, 7) is 4.81. The van der Waals surface area contributed by atoms with Gasteiger partial charge in [0.05, 0.1) is 12.7 Å². The van der Waals surface area contributed by atoms with Gasteiger partial charge in [-0.1, -0.05) is 0 Å². The van der Waals surface area contributed by atoms with Crippen molar-refractivity contribution < 1.29 is 14.3 Å². The first kappa shape index (κ1) is 15.0. The molecule has 2 rings (SSSR count). The molecule has 1 atom stereocenters. The third-order valence-corrected chi connectivity index (χ3v) is 3.60. The Balaban J connectivity index is 1.93. The molecule has 0 aliphatic carbocycles. The highest BCUT2D eigenvalue weighted by Gasteiger charge is 2.22. The second-order valence-electron chi connectivity index (χ2n) is 5.07. The highest BCUT2D eigenvalue weighted by atomic mass is 16.5. The Bertz CT molecular complexity index is 427. The van der Waals surface area contributed by atoms with Gasteiger partial charge in [-0.3, -0.25) is 4.79 Å². The highest BCUT2D eigenvalue weighted by Crippen LogP contribution is 2.13. The molecular formula is C14H23N3O3. The molecule has 1 aliphatic heterocycles. The summed E-state index contributed by atoms with van der Waals surface area (Å²) in [5.41, 5.74) is 0. The minimum absolute atomic E-state index is 0.0821. The largest absolute Gasteiger partial charge is 0.383 e. The molecule has 0 spiro atoms. The molecule has 1 saturated heterocycles. The van der Waals surface area contributed by atoms with E-state index in [0.29, 0.717) is 26.2 Å². The van der Waals surface area contributed by atoms with Crippen molar-refractivity contribution in [1.29, 1.82) is 0 Å². The lowest BCUT2D eigenvalue weighted by atomic mass is 10.2. The zero-order valence-corrected chi connectivity index (χ0v) is 12.2. The molecule has 2 heterocycles. The van der Waals surface area contributed by atoms with Crippen molar-refractivity contribution in [3.63, 3.8) is 0 Å². The van der Waals surface area contributed by atoms with E-state index in [9.17, 15) is 4.79 Å². The van der Waals surface area contributed by atoms with Crippen LogP contribution >= 0.6 is 0 Å². The fourth-order valence-corrected chi connectivity index (χ4v) is 2.37. The highest BCUT2D eigenvalue weighted by molar-refractivity contribution is 5.76. The third-order valence-electron chi connectivity index (χ3n) is 3.60. The van der Waals surface area contributed by atoms with Crippen molar-refractivity contribution in [2.75, 3.05) is 33.4 Å². The zero-order valence-electron chi connectivity index (χ0n) is 12.2. The number of ether oxygens (including phenoxy) is 2. The molecule has 0 bridgehead atoms. The van der Waals surface area contributed by atoms with E-state index >= 15 is 0 Å². The second kappa shape index (κ2) is 7.40. The first-order valence-corrected chi connectivity index (χ1v) is 7.06. The van der Waals surface area contributed by atoms with E-state index in [0.717, 1.165) is 25.3 Å². The minimum atomic E-state index is 0.0821. The maximum Gasteiger partial charge on any atom is 0.242 e. The number of carbonyl (C=O) groups excluding carboxylic acids is 1. The molecule has 6 nitrogen and oxygen atoms in total. The summed E-state index contributed by atoms with van der Waals surface area (Å²) >= 11 is 0. The van der Waals surface area contributed by atoms with Gasteiger partial charge < -0.3 is 18.9 Å². The lowest BCUT2D eigenvalue weighted by molar-refractivity contribution is -0.134. The summed E-state index contributed by atoms with van der Waals surface area (Å²) < 4.78 is 12.6. The van der Waals surface area contributed by atoms with Crippen LogP contribution in [0.1, 0.15) is 18.7 Å². The predicted octanol–water partition coefficient (Wildman–Crippen LogP) is 0.846. The van der Waals surface area contributed by atoms with Crippen LogP contribution in [-0.4, -0.2) is 59.9 Å². The number of aryl methyl sites for hydroxylation is 1. The predicted molar refractivity (Wildman–Crippen MR) is 74.4 cm³/mol. The molecular weight excluding hydrogens is 258 g/mol. The number of hydrogen-bond donors (Lipinski definition) is 0. The normalized spacial score (nSPS) is 18.4. The maximum atomic E-state index is 12.4. The van der Waals surface area contributed by atoms with Crippen LogP contribution in [0.25, 0.3) is 0 Å². The fraction of sp³-hybridized carbons (Fsp3) is 0.714. The summed E-state index contributed by atoms with van der Waals surface area (Å²) in [6, 6.07) is 0. The Morgan fingerprint density at radius 2 is 2.50 bits per heavy atom. The summed E-state index contributed by atoms with van der Waals surface area (Å²) in [7, 11) is 1.65. The van der Waals surface area contributed by atoms with Crippen LogP contribution in [-0.2, 0) is 20.8 Å². The van der Waals surface area contributed by atoms with Crippen molar-refractivity contribution in [3.05, 3.63) is 18.2 Å². The molecule has 1 aromatic rings. The molecule has 1 aliphatic rings. The Morgan fingerprint density at radius 3 is 3.10 bits per heavy atom. The van der Waals surface area contributed by atoms with Crippen LogP contribution in [0.4, 0.5) is 0 Å². The number of carbonyl (C=O) groups is 1. The quantitative estimate of drug-likeness (QED) is 0.743. The molecule has 0 N–H and O–H groups in total. The van der Waals surface area contributed by atoms with Crippen molar-refractivity contribution in [2.45, 2.75) is 32.4 Å². The van der Waals surface area contributed by atoms with Gasteiger partial charge in [0.15, 0.2) is 0 Å². The monoisotopic (exact) mass is 281 g/mol. The number of amides is 1. The molecule has 20 heavy (non-hydrogen) atoms. The molecule has 1 amide bonds. The van der Waals surface area contributed by atoms with E-state index in [-0.39, 0.29) is 12.0 Å². The average Bonchev–Trinajstić information content (AvgIpc) is 3.07. The maximum absolute atomic E-state index is 12.4. The van der Waals surface area contributed by atoms with E-state index in [1.165, 1.54) is 0 Å². The first-order chi connectivity index (χ1) is 9.70. The van der Waals surface area contributed by atoms with Gasteiger partial charge in [0.25, 0.3) is 0 Å². The van der Waals surface area contributed by atoms with Crippen LogP contribution in [0.5, 0.6) is 0 Å². The number of aromatic nitrogens is 2. The van der Waals surface area contributed by atoms with Crippen LogP contribution < -0.4 is 0 Å². The Kier molecular flexibility index (Phi) is 5.55. The molecule has 6 heteroatoms. The Labute approximate surface area is 119 Å². The average molecular weight is 281 g/mol. The van der Waals surface area contributed by atoms with E-state index in [1.54, 1.807) is 13.3 Å². The lowest BCUT2D eigenvalue weighted by Gasteiger charge is -2.25. The Hall–Kier alpha value is -1.40. The minimum Gasteiger partial charge on any atom is -0.383 e. The standard InChI is InChI=1S/C14H23N3O3/c1-12-15-5-6-16(12)11-14(18)17(7-9-19-2)10-13-4-3-8-20-13/h5-6,13H,3-4,7-11H2,1-2H3. The van der Waals surface area contributed by atoms with Gasteiger partial charge in [-0.25, -0.2) is 4.98 Å². The lowest BCUT2D eigenvalue weighted by Crippen LogP contribution is -2.41. The summed E-state index contributed by atoms with van der Waals surface area (Å²) in [5.74, 6) is 0.931. The number of methoxy groups -OCH3 is 1. The number of rotatable bonds is 7. The van der Waals surface area contributed by atoms with Gasteiger partial charge >= 0.3 is 0 Å². The van der Waals surface area contributed by atoms with Crippen molar-refractivity contribution in [1.82, 2.24) is 14.5 Å². The molecule has 0 radical (unpaired) electrons. The van der Waals surface area contributed by atoms with Gasteiger partial charge in [-0.15, -0.1) is 0 Å². The number of imidazole rings is 1. The van der Waals surface area contributed by atoms with E-state index in [1.807, 2.05) is 22.6 Å². The van der Waals surface area contributed by atoms with Gasteiger partial charge in [0.2, 0.25) is 5.91 Å². The molecule has 1 fully saturated rings. The van der Waals surface area contributed by atoms with Crippen LogP contribution in [0.3, 0.4) is 0 Å². The SMILES string of the molecule is COCCN(CC1CCCO1)C(=O)Cn1ccnc1C. The fourth-order valence-electron chi connectivity index (χ4n) is 2.37. The molecule has 1 aromatic heterocycles. The van der Waals surface area contributed by atoms with Gasteiger partial charge in [-0.2, -0.15) is 0 Å². The van der Waals surface area contributed by atoms with E-state index in [2.05, 4.69) is 4.98 Å². The van der Waals surface area contributed by atoms with Gasteiger partial charge in [0, 0.05) is 39.2 Å². The molecule has 1 unspecified atom stereocenters. The van der Waals surface area contributed by atoms with Crippen LogP contribution in [0, 0.1) is 6.92 Å². The summed E-state index contributed by atoms with van der Waals surface area (Å²) in [4.78, 5) is 18.4.